The van der Waals surface area contributed by atoms with Crippen LogP contribution < -0.4 is 11.1 Å². The summed E-state index contributed by atoms with van der Waals surface area (Å²) in [4.78, 5) is 11.6. The molecule has 2 fully saturated rings. The fourth-order valence-corrected chi connectivity index (χ4v) is 4.90. The first kappa shape index (κ1) is 18.9. The van der Waals surface area contributed by atoms with E-state index in [4.69, 9.17) is 10.5 Å². The SMILES string of the molecule is Cc1ccc(F)c(C(OC(N)=O)c2ccccc2CC2CC3CCC(C2)N3)c1. The number of rotatable bonds is 5. The van der Waals surface area contributed by atoms with Crippen molar-refractivity contribution < 1.29 is 13.9 Å². The molecule has 2 aliphatic heterocycles. The first-order valence-corrected chi connectivity index (χ1v) is 10.1. The summed E-state index contributed by atoms with van der Waals surface area (Å²) in [5, 5.41) is 3.67. The van der Waals surface area contributed by atoms with Crippen LogP contribution >= 0.6 is 0 Å². The molecule has 148 valence electrons. The number of carbonyl (C=O) groups excluding carboxylic acids is 1. The predicted octanol–water partition coefficient (Wildman–Crippen LogP) is 4.39. The molecular weight excluding hydrogens is 355 g/mol. The highest BCUT2D eigenvalue weighted by Gasteiger charge is 2.34. The maximum atomic E-state index is 14.6. The zero-order valence-corrected chi connectivity index (χ0v) is 16.2. The van der Waals surface area contributed by atoms with Crippen LogP contribution in [0, 0.1) is 18.7 Å². The standard InChI is InChI=1S/C23H27FN2O2/c1-14-6-9-21(24)20(10-14)22(28-23(25)27)19-5-3-2-4-16(19)11-15-12-17-7-8-18(13-15)26-17/h2-6,9-10,15,17-18,22,26H,7-8,11-13H2,1H3,(H2,25,27). The third kappa shape index (κ3) is 4.04. The molecule has 28 heavy (non-hydrogen) atoms. The number of piperidine rings is 1. The number of carbonyl (C=O) groups is 1. The maximum Gasteiger partial charge on any atom is 0.405 e. The Morgan fingerprint density at radius 3 is 2.61 bits per heavy atom. The minimum atomic E-state index is -0.902. The van der Waals surface area contributed by atoms with Crippen LogP contribution in [0.25, 0.3) is 0 Å². The summed E-state index contributed by atoms with van der Waals surface area (Å²) in [5.74, 6) is 0.183. The van der Waals surface area contributed by atoms with E-state index >= 15 is 0 Å². The van der Waals surface area contributed by atoms with Crippen LogP contribution in [0.3, 0.4) is 0 Å². The van der Waals surface area contributed by atoms with Crippen molar-refractivity contribution in [1.82, 2.24) is 5.32 Å². The largest absolute Gasteiger partial charge is 0.436 e. The van der Waals surface area contributed by atoms with Gasteiger partial charge in [-0.2, -0.15) is 0 Å². The van der Waals surface area contributed by atoms with Gasteiger partial charge < -0.3 is 15.8 Å². The molecule has 2 heterocycles. The van der Waals surface area contributed by atoms with Crippen molar-refractivity contribution in [3.63, 3.8) is 0 Å². The molecule has 0 aliphatic carbocycles. The zero-order chi connectivity index (χ0) is 19.7. The molecule has 4 nitrogen and oxygen atoms in total. The zero-order valence-electron chi connectivity index (χ0n) is 16.2. The smallest absolute Gasteiger partial charge is 0.405 e. The molecule has 5 heteroatoms. The van der Waals surface area contributed by atoms with Gasteiger partial charge in [-0.1, -0.05) is 35.9 Å². The maximum absolute atomic E-state index is 14.6. The Balaban J connectivity index is 1.67. The molecule has 3 unspecified atom stereocenters. The van der Waals surface area contributed by atoms with E-state index in [0.29, 0.717) is 23.6 Å². The highest BCUT2D eigenvalue weighted by molar-refractivity contribution is 5.65. The topological polar surface area (TPSA) is 64.3 Å². The van der Waals surface area contributed by atoms with Crippen LogP contribution in [0.1, 0.15) is 54.0 Å². The van der Waals surface area contributed by atoms with E-state index in [9.17, 15) is 9.18 Å². The third-order valence-electron chi connectivity index (χ3n) is 6.08. The summed E-state index contributed by atoms with van der Waals surface area (Å²) in [6.07, 6.45) is 3.98. The minimum absolute atomic E-state index is 0.344. The summed E-state index contributed by atoms with van der Waals surface area (Å²) in [7, 11) is 0. The summed E-state index contributed by atoms with van der Waals surface area (Å²) in [5.41, 5.74) is 8.51. The van der Waals surface area contributed by atoms with Crippen molar-refractivity contribution >= 4 is 6.09 Å². The van der Waals surface area contributed by atoms with Crippen molar-refractivity contribution in [1.29, 1.82) is 0 Å². The first-order chi connectivity index (χ1) is 13.5. The number of ether oxygens (including phenoxy) is 1. The Kier molecular flexibility index (Phi) is 5.36. The van der Waals surface area contributed by atoms with E-state index in [1.165, 1.54) is 18.9 Å². The van der Waals surface area contributed by atoms with Crippen LogP contribution in [0.5, 0.6) is 0 Å². The van der Waals surface area contributed by atoms with Crippen molar-refractivity contribution in [3.05, 3.63) is 70.5 Å². The van der Waals surface area contributed by atoms with Crippen molar-refractivity contribution in [2.45, 2.75) is 57.2 Å². The molecule has 2 aromatic rings. The molecule has 2 bridgehead atoms. The van der Waals surface area contributed by atoms with Gasteiger partial charge >= 0.3 is 6.09 Å². The number of hydrogen-bond donors (Lipinski definition) is 2. The molecule has 0 radical (unpaired) electrons. The number of fused-ring (bicyclic) bond motifs is 2. The lowest BCUT2D eigenvalue weighted by molar-refractivity contribution is 0.124. The highest BCUT2D eigenvalue weighted by Crippen LogP contribution is 2.36. The number of nitrogens with two attached hydrogens (primary N) is 1. The van der Waals surface area contributed by atoms with E-state index < -0.39 is 18.0 Å². The Labute approximate surface area is 165 Å². The van der Waals surface area contributed by atoms with Gasteiger partial charge in [0.15, 0.2) is 6.10 Å². The molecule has 2 aliphatic rings. The second kappa shape index (κ2) is 7.92. The van der Waals surface area contributed by atoms with E-state index in [-0.39, 0.29) is 0 Å². The van der Waals surface area contributed by atoms with Gasteiger partial charge in [0.05, 0.1) is 0 Å². The average Bonchev–Trinajstić information content (AvgIpc) is 3.01. The average molecular weight is 382 g/mol. The van der Waals surface area contributed by atoms with Crippen molar-refractivity contribution in [2.75, 3.05) is 0 Å². The quantitative estimate of drug-likeness (QED) is 0.806. The van der Waals surface area contributed by atoms with Crippen molar-refractivity contribution in [3.8, 4) is 0 Å². The van der Waals surface area contributed by atoms with Crippen LogP contribution in [0.15, 0.2) is 42.5 Å². The van der Waals surface area contributed by atoms with E-state index in [1.54, 1.807) is 12.1 Å². The van der Waals surface area contributed by atoms with Crippen LogP contribution in [-0.4, -0.2) is 18.2 Å². The normalized spacial score (nSPS) is 24.7. The van der Waals surface area contributed by atoms with Gasteiger partial charge in [-0.25, -0.2) is 9.18 Å². The first-order valence-electron chi connectivity index (χ1n) is 10.1. The van der Waals surface area contributed by atoms with E-state index in [2.05, 4.69) is 11.4 Å². The highest BCUT2D eigenvalue weighted by atomic mass is 19.1. The number of benzene rings is 2. The Bertz CT molecular complexity index is 857. The van der Waals surface area contributed by atoms with Crippen LogP contribution in [0.2, 0.25) is 0 Å². The minimum Gasteiger partial charge on any atom is -0.436 e. The number of nitrogens with one attached hydrogen (secondary N) is 1. The predicted molar refractivity (Wildman–Crippen MR) is 106 cm³/mol. The van der Waals surface area contributed by atoms with E-state index in [1.807, 2.05) is 25.1 Å². The lowest BCUT2D eigenvalue weighted by atomic mass is 9.84. The fraction of sp³-hybridized carbons (Fsp3) is 0.435. The van der Waals surface area contributed by atoms with E-state index in [0.717, 1.165) is 36.0 Å². The molecule has 2 saturated heterocycles. The lowest BCUT2D eigenvalue weighted by Crippen LogP contribution is -2.38. The molecule has 4 rings (SSSR count). The molecule has 0 spiro atoms. The Morgan fingerprint density at radius 1 is 1.18 bits per heavy atom. The molecule has 3 atom stereocenters. The van der Waals surface area contributed by atoms with Gasteiger partial charge in [0, 0.05) is 23.2 Å². The van der Waals surface area contributed by atoms with Gasteiger partial charge in [-0.15, -0.1) is 0 Å². The van der Waals surface area contributed by atoms with Crippen LogP contribution in [-0.2, 0) is 11.2 Å². The number of halogens is 1. The summed E-state index contributed by atoms with van der Waals surface area (Å²) in [6.45, 7) is 1.89. The molecule has 0 saturated carbocycles. The molecule has 2 aromatic carbocycles. The lowest BCUT2D eigenvalue weighted by Gasteiger charge is -2.30. The molecule has 1 amide bonds. The summed E-state index contributed by atoms with van der Waals surface area (Å²) in [6, 6.07) is 13.9. The molecular formula is C23H27FN2O2. The van der Waals surface area contributed by atoms with Gasteiger partial charge in [-0.05, 0) is 62.6 Å². The van der Waals surface area contributed by atoms with Gasteiger partial charge in [0.25, 0.3) is 0 Å². The monoisotopic (exact) mass is 382 g/mol. The van der Waals surface area contributed by atoms with Gasteiger partial charge in [0.2, 0.25) is 0 Å². The number of hydrogen-bond acceptors (Lipinski definition) is 3. The third-order valence-corrected chi connectivity index (χ3v) is 6.08. The number of amides is 1. The van der Waals surface area contributed by atoms with Gasteiger partial charge in [-0.3, -0.25) is 0 Å². The molecule has 3 N–H and O–H groups in total. The van der Waals surface area contributed by atoms with Crippen LogP contribution in [0.4, 0.5) is 9.18 Å². The molecule has 0 aromatic heterocycles. The Morgan fingerprint density at radius 2 is 1.89 bits per heavy atom. The summed E-state index contributed by atoms with van der Waals surface area (Å²) < 4.78 is 20.0. The fourth-order valence-electron chi connectivity index (χ4n) is 4.90. The number of primary amides is 1. The van der Waals surface area contributed by atoms with Gasteiger partial charge in [0.1, 0.15) is 5.82 Å². The number of aryl methyl sites for hydroxylation is 1. The Hall–Kier alpha value is -2.40. The second-order valence-electron chi connectivity index (χ2n) is 8.22. The second-order valence-corrected chi connectivity index (χ2v) is 8.22. The summed E-state index contributed by atoms with van der Waals surface area (Å²) >= 11 is 0. The van der Waals surface area contributed by atoms with Crippen molar-refractivity contribution in [2.24, 2.45) is 11.7 Å².